The SMILES string of the molecule is Cc1cc(C(=O)N2CCC3CCCCC32)cc(N)n1. The van der Waals surface area contributed by atoms with Crippen LogP contribution < -0.4 is 5.73 Å². The Morgan fingerprint density at radius 2 is 2.11 bits per heavy atom. The van der Waals surface area contributed by atoms with Gasteiger partial charge in [-0.05, 0) is 44.2 Å². The second-order valence-electron chi connectivity index (χ2n) is 5.82. The smallest absolute Gasteiger partial charge is 0.254 e. The molecule has 2 fully saturated rings. The zero-order valence-corrected chi connectivity index (χ0v) is 11.4. The van der Waals surface area contributed by atoms with Crippen LogP contribution in [0.15, 0.2) is 12.1 Å². The molecule has 0 bridgehead atoms. The number of pyridine rings is 1. The molecule has 2 unspecified atom stereocenters. The standard InChI is InChI=1S/C15H21N3O/c1-10-8-12(9-14(16)17-10)15(19)18-7-6-11-4-2-3-5-13(11)18/h8-9,11,13H,2-7H2,1H3,(H2,16,17). The quantitative estimate of drug-likeness (QED) is 0.842. The summed E-state index contributed by atoms with van der Waals surface area (Å²) < 4.78 is 0. The number of nitrogens with zero attached hydrogens (tertiary/aromatic N) is 2. The van der Waals surface area contributed by atoms with Crippen LogP contribution in [-0.4, -0.2) is 28.4 Å². The van der Waals surface area contributed by atoms with Gasteiger partial charge in [0.15, 0.2) is 0 Å². The number of aryl methyl sites for hydroxylation is 1. The minimum Gasteiger partial charge on any atom is -0.384 e. The van der Waals surface area contributed by atoms with Gasteiger partial charge in [0.25, 0.3) is 5.91 Å². The predicted molar refractivity (Wildman–Crippen MR) is 74.8 cm³/mol. The number of nitrogen functional groups attached to an aromatic ring is 1. The third-order valence-electron chi connectivity index (χ3n) is 4.49. The molecule has 2 N–H and O–H groups in total. The fourth-order valence-corrected chi connectivity index (χ4v) is 3.64. The molecular formula is C15H21N3O. The van der Waals surface area contributed by atoms with E-state index in [0.29, 0.717) is 17.4 Å². The average molecular weight is 259 g/mol. The number of carbonyl (C=O) groups is 1. The van der Waals surface area contributed by atoms with Crippen LogP contribution in [0.2, 0.25) is 0 Å². The topological polar surface area (TPSA) is 59.2 Å². The Morgan fingerprint density at radius 3 is 2.89 bits per heavy atom. The van der Waals surface area contributed by atoms with Crippen molar-refractivity contribution in [1.82, 2.24) is 9.88 Å². The number of rotatable bonds is 1. The first-order valence-electron chi connectivity index (χ1n) is 7.20. The Labute approximate surface area is 114 Å². The predicted octanol–water partition coefficient (Wildman–Crippen LogP) is 2.38. The van der Waals surface area contributed by atoms with Crippen LogP contribution in [0, 0.1) is 12.8 Å². The number of hydrogen-bond acceptors (Lipinski definition) is 3. The number of hydrogen-bond donors (Lipinski definition) is 1. The van der Waals surface area contributed by atoms with Crippen LogP contribution in [0.4, 0.5) is 5.82 Å². The summed E-state index contributed by atoms with van der Waals surface area (Å²) in [5.41, 5.74) is 7.24. The third kappa shape index (κ3) is 2.31. The summed E-state index contributed by atoms with van der Waals surface area (Å²) in [4.78, 5) is 18.8. The highest BCUT2D eigenvalue weighted by Crippen LogP contribution is 2.36. The molecule has 4 nitrogen and oxygen atoms in total. The van der Waals surface area contributed by atoms with Crippen LogP contribution in [0.5, 0.6) is 0 Å². The van der Waals surface area contributed by atoms with Gasteiger partial charge in [-0.1, -0.05) is 12.8 Å². The second kappa shape index (κ2) is 4.83. The van der Waals surface area contributed by atoms with E-state index in [-0.39, 0.29) is 5.91 Å². The molecule has 2 atom stereocenters. The molecule has 0 radical (unpaired) electrons. The minimum absolute atomic E-state index is 0.131. The van der Waals surface area contributed by atoms with E-state index >= 15 is 0 Å². The molecule has 19 heavy (non-hydrogen) atoms. The highest BCUT2D eigenvalue weighted by molar-refractivity contribution is 5.95. The van der Waals surface area contributed by atoms with Crippen molar-refractivity contribution in [3.8, 4) is 0 Å². The van der Waals surface area contributed by atoms with Crippen molar-refractivity contribution >= 4 is 11.7 Å². The number of aromatic nitrogens is 1. The lowest BCUT2D eigenvalue weighted by molar-refractivity contribution is 0.0690. The zero-order valence-electron chi connectivity index (χ0n) is 11.4. The van der Waals surface area contributed by atoms with Crippen LogP contribution in [-0.2, 0) is 0 Å². The van der Waals surface area contributed by atoms with Gasteiger partial charge in [0.1, 0.15) is 5.82 Å². The number of carbonyl (C=O) groups excluding carboxylic acids is 1. The van der Waals surface area contributed by atoms with E-state index in [2.05, 4.69) is 9.88 Å². The molecule has 1 saturated carbocycles. The van der Waals surface area contributed by atoms with Gasteiger partial charge < -0.3 is 10.6 Å². The van der Waals surface area contributed by atoms with E-state index in [1.165, 1.54) is 19.3 Å². The number of nitrogens with two attached hydrogens (primary N) is 1. The molecule has 2 heterocycles. The van der Waals surface area contributed by atoms with Crippen molar-refractivity contribution in [3.05, 3.63) is 23.4 Å². The lowest BCUT2D eigenvalue weighted by Crippen LogP contribution is -2.39. The van der Waals surface area contributed by atoms with Gasteiger partial charge in [0, 0.05) is 23.8 Å². The number of anilines is 1. The first-order valence-corrected chi connectivity index (χ1v) is 7.20. The number of likely N-dealkylation sites (tertiary alicyclic amines) is 1. The van der Waals surface area contributed by atoms with Gasteiger partial charge in [0.05, 0.1) is 0 Å². The number of amides is 1. The fraction of sp³-hybridized carbons (Fsp3) is 0.600. The highest BCUT2D eigenvalue weighted by Gasteiger charge is 2.38. The molecule has 102 valence electrons. The third-order valence-corrected chi connectivity index (χ3v) is 4.49. The Kier molecular flexibility index (Phi) is 3.17. The summed E-state index contributed by atoms with van der Waals surface area (Å²) in [6.07, 6.45) is 6.19. The highest BCUT2D eigenvalue weighted by atomic mass is 16.2. The zero-order chi connectivity index (χ0) is 13.4. The molecule has 4 heteroatoms. The molecule has 1 aliphatic heterocycles. The summed E-state index contributed by atoms with van der Waals surface area (Å²) in [6, 6.07) is 4.00. The van der Waals surface area contributed by atoms with Gasteiger partial charge in [0.2, 0.25) is 0 Å². The van der Waals surface area contributed by atoms with Gasteiger partial charge in [-0.25, -0.2) is 4.98 Å². The Morgan fingerprint density at radius 1 is 1.32 bits per heavy atom. The molecule has 1 aromatic heterocycles. The van der Waals surface area contributed by atoms with E-state index in [9.17, 15) is 4.79 Å². The van der Waals surface area contributed by atoms with Gasteiger partial charge in [-0.3, -0.25) is 4.79 Å². The molecule has 3 rings (SSSR count). The monoisotopic (exact) mass is 259 g/mol. The van der Waals surface area contributed by atoms with Crippen LogP contribution >= 0.6 is 0 Å². The average Bonchev–Trinajstić information content (AvgIpc) is 2.80. The van der Waals surface area contributed by atoms with Crippen LogP contribution in [0.3, 0.4) is 0 Å². The van der Waals surface area contributed by atoms with Gasteiger partial charge >= 0.3 is 0 Å². The van der Waals surface area contributed by atoms with Crippen molar-refractivity contribution in [3.63, 3.8) is 0 Å². The van der Waals surface area contributed by atoms with Crippen molar-refractivity contribution in [1.29, 1.82) is 0 Å². The molecule has 1 aliphatic carbocycles. The molecule has 1 aromatic rings. The van der Waals surface area contributed by atoms with Crippen LogP contribution in [0.25, 0.3) is 0 Å². The number of fused-ring (bicyclic) bond motifs is 1. The van der Waals surface area contributed by atoms with E-state index in [1.807, 2.05) is 13.0 Å². The van der Waals surface area contributed by atoms with E-state index in [0.717, 1.165) is 31.0 Å². The minimum atomic E-state index is 0.131. The largest absolute Gasteiger partial charge is 0.384 e. The van der Waals surface area contributed by atoms with E-state index in [1.54, 1.807) is 6.07 Å². The van der Waals surface area contributed by atoms with Crippen molar-refractivity contribution in [2.24, 2.45) is 5.92 Å². The maximum absolute atomic E-state index is 12.6. The maximum Gasteiger partial charge on any atom is 0.254 e. The van der Waals surface area contributed by atoms with Crippen LogP contribution in [0.1, 0.15) is 48.2 Å². The lowest BCUT2D eigenvalue weighted by atomic mass is 9.85. The second-order valence-corrected chi connectivity index (χ2v) is 5.82. The van der Waals surface area contributed by atoms with Crippen molar-refractivity contribution in [2.45, 2.75) is 45.1 Å². The van der Waals surface area contributed by atoms with Gasteiger partial charge in [-0.15, -0.1) is 0 Å². The summed E-state index contributed by atoms with van der Waals surface area (Å²) in [5, 5.41) is 0. The molecule has 1 saturated heterocycles. The van der Waals surface area contributed by atoms with Gasteiger partial charge in [-0.2, -0.15) is 0 Å². The molecule has 0 aromatic carbocycles. The molecule has 0 spiro atoms. The first-order chi connectivity index (χ1) is 9.15. The van der Waals surface area contributed by atoms with Crippen molar-refractivity contribution in [2.75, 3.05) is 12.3 Å². The Bertz CT molecular complexity index is 480. The Hall–Kier alpha value is -1.58. The summed E-state index contributed by atoms with van der Waals surface area (Å²) in [6.45, 7) is 2.77. The lowest BCUT2D eigenvalue weighted by Gasteiger charge is -2.31. The maximum atomic E-state index is 12.6. The summed E-state index contributed by atoms with van der Waals surface area (Å²) >= 11 is 0. The molecular weight excluding hydrogens is 238 g/mol. The Balaban J connectivity index is 1.83. The molecule has 1 amide bonds. The van der Waals surface area contributed by atoms with Crippen molar-refractivity contribution < 1.29 is 4.79 Å². The molecule has 2 aliphatic rings. The fourth-order valence-electron chi connectivity index (χ4n) is 3.64. The normalized spacial score (nSPS) is 26.3. The van der Waals surface area contributed by atoms with E-state index in [4.69, 9.17) is 5.73 Å². The first kappa shape index (κ1) is 12.5. The summed E-state index contributed by atoms with van der Waals surface area (Å²) in [5.74, 6) is 1.28. The summed E-state index contributed by atoms with van der Waals surface area (Å²) in [7, 11) is 0. The van der Waals surface area contributed by atoms with E-state index < -0.39 is 0 Å².